The van der Waals surface area contributed by atoms with Crippen LogP contribution in [-0.2, 0) is 6.42 Å². The predicted octanol–water partition coefficient (Wildman–Crippen LogP) is -0.792. The molecule has 0 unspecified atom stereocenters. The van der Waals surface area contributed by atoms with Crippen LogP contribution in [0.4, 0.5) is 11.6 Å². The molecular weight excluding hydrogens is 176 g/mol. The average molecular weight is 182 g/mol. The largest absolute Gasteiger partial charge is 0.379 e. The molecule has 0 fully saturated rings. The number of anilines is 2. The van der Waals surface area contributed by atoms with E-state index in [-0.39, 0.29) is 11.6 Å². The number of hydrogen-bond acceptors (Lipinski definition) is 8. The molecule has 0 aliphatic rings. The zero-order chi connectivity index (χ0) is 9.26. The standard InChI is InChI=1S/C5H6N6O2/c6-4-2(8-12-10-4)1-3-5(7)11-13-9-3/h1H2,(H2,6,10)(H2,7,11). The Balaban J connectivity index is 2.24. The second kappa shape index (κ2) is 2.73. The Hall–Kier alpha value is -2.12. The Labute approximate surface area is 71.8 Å². The number of nitrogen functional groups attached to an aromatic ring is 2. The highest BCUT2D eigenvalue weighted by Crippen LogP contribution is 2.13. The van der Waals surface area contributed by atoms with Gasteiger partial charge in [0.25, 0.3) is 0 Å². The molecule has 4 N–H and O–H groups in total. The first-order chi connectivity index (χ1) is 6.27. The van der Waals surface area contributed by atoms with Crippen LogP contribution in [-0.4, -0.2) is 20.6 Å². The van der Waals surface area contributed by atoms with E-state index in [1.54, 1.807) is 0 Å². The van der Waals surface area contributed by atoms with Crippen molar-refractivity contribution in [2.75, 3.05) is 11.5 Å². The minimum atomic E-state index is 0.211. The summed E-state index contributed by atoms with van der Waals surface area (Å²) in [7, 11) is 0. The number of hydrogen-bond donors (Lipinski definition) is 2. The Kier molecular flexibility index (Phi) is 1.58. The topological polar surface area (TPSA) is 130 Å². The molecule has 2 rings (SSSR count). The lowest BCUT2D eigenvalue weighted by atomic mass is 10.2. The normalized spacial score (nSPS) is 10.5. The van der Waals surface area contributed by atoms with Crippen LogP contribution in [0.25, 0.3) is 0 Å². The predicted molar refractivity (Wildman–Crippen MR) is 40.2 cm³/mol. The highest BCUT2D eigenvalue weighted by molar-refractivity contribution is 5.39. The van der Waals surface area contributed by atoms with Crippen molar-refractivity contribution < 1.29 is 9.26 Å². The summed E-state index contributed by atoms with van der Waals surface area (Å²) in [5.74, 6) is 0.421. The molecule has 0 bridgehead atoms. The molecule has 0 amide bonds. The lowest BCUT2D eigenvalue weighted by Gasteiger charge is -1.89. The fraction of sp³-hybridized carbons (Fsp3) is 0.200. The van der Waals surface area contributed by atoms with Gasteiger partial charge in [0.1, 0.15) is 11.4 Å². The minimum absolute atomic E-state index is 0.211. The van der Waals surface area contributed by atoms with Gasteiger partial charge in [-0.3, -0.25) is 0 Å². The van der Waals surface area contributed by atoms with Gasteiger partial charge in [0.2, 0.25) is 0 Å². The fourth-order valence-electron chi connectivity index (χ4n) is 0.831. The van der Waals surface area contributed by atoms with Gasteiger partial charge in [0, 0.05) is 6.42 Å². The van der Waals surface area contributed by atoms with E-state index in [1.165, 1.54) is 0 Å². The van der Waals surface area contributed by atoms with Crippen molar-refractivity contribution in [3.63, 3.8) is 0 Å². The molecule has 0 atom stereocenters. The first kappa shape index (κ1) is 7.53. The third kappa shape index (κ3) is 1.28. The van der Waals surface area contributed by atoms with Crippen LogP contribution < -0.4 is 11.5 Å². The Morgan fingerprint density at radius 1 is 0.846 bits per heavy atom. The summed E-state index contributed by atoms with van der Waals surface area (Å²) in [6, 6.07) is 0. The maximum absolute atomic E-state index is 5.42. The third-order valence-corrected chi connectivity index (χ3v) is 1.51. The zero-order valence-corrected chi connectivity index (χ0v) is 6.47. The maximum Gasteiger partial charge on any atom is 0.191 e. The van der Waals surface area contributed by atoms with Gasteiger partial charge in [0.15, 0.2) is 11.6 Å². The molecule has 2 aromatic heterocycles. The van der Waals surface area contributed by atoms with Crippen molar-refractivity contribution in [3.8, 4) is 0 Å². The summed E-state index contributed by atoms with van der Waals surface area (Å²) in [6.07, 6.45) is 0.296. The summed E-state index contributed by atoms with van der Waals surface area (Å²) in [4.78, 5) is 0. The zero-order valence-electron chi connectivity index (χ0n) is 6.47. The van der Waals surface area contributed by atoms with Crippen LogP contribution in [0.15, 0.2) is 9.26 Å². The van der Waals surface area contributed by atoms with E-state index >= 15 is 0 Å². The number of nitrogens with zero attached hydrogens (tertiary/aromatic N) is 4. The van der Waals surface area contributed by atoms with E-state index in [0.29, 0.717) is 17.8 Å². The highest BCUT2D eigenvalue weighted by atomic mass is 16.6. The summed E-state index contributed by atoms with van der Waals surface area (Å²) >= 11 is 0. The molecule has 0 saturated carbocycles. The molecule has 2 aromatic rings. The Bertz CT molecular complexity index is 368. The van der Waals surface area contributed by atoms with Crippen LogP contribution in [0, 0.1) is 0 Å². The van der Waals surface area contributed by atoms with E-state index in [0.717, 1.165) is 0 Å². The van der Waals surface area contributed by atoms with Gasteiger partial charge in [0.05, 0.1) is 0 Å². The van der Waals surface area contributed by atoms with Crippen molar-refractivity contribution >= 4 is 11.6 Å². The smallest absolute Gasteiger partial charge is 0.191 e. The van der Waals surface area contributed by atoms with E-state index in [1.807, 2.05) is 0 Å². The van der Waals surface area contributed by atoms with E-state index in [2.05, 4.69) is 29.9 Å². The molecule has 0 saturated heterocycles. The fourth-order valence-corrected chi connectivity index (χ4v) is 0.831. The molecular formula is C5H6N6O2. The van der Waals surface area contributed by atoms with Gasteiger partial charge in [-0.2, -0.15) is 0 Å². The number of aromatic nitrogens is 4. The van der Waals surface area contributed by atoms with Gasteiger partial charge in [-0.05, 0) is 10.3 Å². The Morgan fingerprint density at radius 2 is 1.31 bits per heavy atom. The SMILES string of the molecule is Nc1nonc1Cc1nonc1N. The Morgan fingerprint density at radius 3 is 1.62 bits per heavy atom. The lowest BCUT2D eigenvalue weighted by Crippen LogP contribution is -1.98. The summed E-state index contributed by atoms with van der Waals surface area (Å²) in [5, 5.41) is 13.9. The van der Waals surface area contributed by atoms with Crippen LogP contribution >= 0.6 is 0 Å². The molecule has 0 aromatic carbocycles. The molecule has 0 aliphatic carbocycles. The summed E-state index contributed by atoms with van der Waals surface area (Å²) in [5.41, 5.74) is 11.8. The van der Waals surface area contributed by atoms with Gasteiger partial charge in [-0.1, -0.05) is 10.3 Å². The number of nitrogens with two attached hydrogens (primary N) is 2. The van der Waals surface area contributed by atoms with E-state index < -0.39 is 0 Å². The van der Waals surface area contributed by atoms with Crippen LogP contribution in [0.3, 0.4) is 0 Å². The molecule has 0 spiro atoms. The van der Waals surface area contributed by atoms with Crippen LogP contribution in [0.5, 0.6) is 0 Å². The monoisotopic (exact) mass is 182 g/mol. The van der Waals surface area contributed by atoms with Crippen LogP contribution in [0.2, 0.25) is 0 Å². The van der Waals surface area contributed by atoms with Crippen molar-refractivity contribution in [2.45, 2.75) is 6.42 Å². The summed E-state index contributed by atoms with van der Waals surface area (Å²) in [6.45, 7) is 0. The first-order valence-electron chi connectivity index (χ1n) is 3.41. The second-order valence-electron chi connectivity index (χ2n) is 2.37. The summed E-state index contributed by atoms with van der Waals surface area (Å²) < 4.78 is 8.78. The van der Waals surface area contributed by atoms with Crippen molar-refractivity contribution in [2.24, 2.45) is 0 Å². The maximum atomic E-state index is 5.42. The van der Waals surface area contributed by atoms with Gasteiger partial charge >= 0.3 is 0 Å². The quantitative estimate of drug-likeness (QED) is 0.617. The third-order valence-electron chi connectivity index (χ3n) is 1.51. The van der Waals surface area contributed by atoms with Crippen molar-refractivity contribution in [3.05, 3.63) is 11.4 Å². The molecule has 2 heterocycles. The van der Waals surface area contributed by atoms with E-state index in [9.17, 15) is 0 Å². The minimum Gasteiger partial charge on any atom is -0.379 e. The molecule has 8 nitrogen and oxygen atoms in total. The van der Waals surface area contributed by atoms with Gasteiger partial charge in [-0.25, -0.2) is 9.26 Å². The van der Waals surface area contributed by atoms with Crippen molar-refractivity contribution in [1.29, 1.82) is 0 Å². The lowest BCUT2D eigenvalue weighted by molar-refractivity contribution is 0.301. The molecule has 13 heavy (non-hydrogen) atoms. The van der Waals surface area contributed by atoms with Crippen molar-refractivity contribution in [1.82, 2.24) is 20.6 Å². The molecule has 0 radical (unpaired) electrons. The second-order valence-corrected chi connectivity index (χ2v) is 2.37. The average Bonchev–Trinajstić information content (AvgIpc) is 2.65. The van der Waals surface area contributed by atoms with Gasteiger partial charge < -0.3 is 11.5 Å². The van der Waals surface area contributed by atoms with Crippen LogP contribution in [0.1, 0.15) is 11.4 Å². The molecule has 8 heteroatoms. The molecule has 0 aliphatic heterocycles. The molecule has 68 valence electrons. The highest BCUT2D eigenvalue weighted by Gasteiger charge is 2.12. The van der Waals surface area contributed by atoms with Gasteiger partial charge in [-0.15, -0.1) is 0 Å². The first-order valence-corrected chi connectivity index (χ1v) is 3.41. The van der Waals surface area contributed by atoms with E-state index in [4.69, 9.17) is 11.5 Å². The number of rotatable bonds is 2.